The molecule has 3 N–H and O–H groups in total. The maximum atomic E-state index is 14.6. The van der Waals surface area contributed by atoms with E-state index in [2.05, 4.69) is 39.0 Å². The molecule has 0 bridgehead atoms. The van der Waals surface area contributed by atoms with Crippen molar-refractivity contribution in [2.75, 3.05) is 40.9 Å². The monoisotopic (exact) mass is 1070 g/mol. The zero-order valence-electron chi connectivity index (χ0n) is 50.1. The molecule has 2 unspecified atom stereocenters. The summed E-state index contributed by atoms with van der Waals surface area (Å²) < 4.78 is 25.2. The summed E-state index contributed by atoms with van der Waals surface area (Å²) >= 11 is 0. The van der Waals surface area contributed by atoms with Gasteiger partial charge in [-0.1, -0.05) is 313 Å². The highest BCUT2D eigenvalue weighted by Gasteiger charge is 2.34. The number of Topliss-reactive ketones (excluding diaryl/α,β-unsaturated/α-hetero) is 1. The van der Waals surface area contributed by atoms with Crippen molar-refractivity contribution in [1.82, 2.24) is 0 Å². The molecule has 0 aromatic carbocycles. The maximum Gasteiger partial charge on any atom is 0.473 e. The molecule has 8 nitrogen and oxygen atoms in total. The molecule has 0 fully saturated rings. The molecule has 75 heavy (non-hydrogen) atoms. The molecule has 438 valence electrons. The van der Waals surface area contributed by atoms with Crippen LogP contribution in [0.3, 0.4) is 0 Å². The highest BCUT2D eigenvalue weighted by atomic mass is 31.2. The van der Waals surface area contributed by atoms with Gasteiger partial charge >= 0.3 is 7.82 Å². The number of quaternary nitrogens is 1. The van der Waals surface area contributed by atoms with E-state index in [1.54, 1.807) is 0 Å². The summed E-state index contributed by atoms with van der Waals surface area (Å²) in [5.41, 5.74) is 1.27. The molecule has 0 aliphatic carbocycles. The van der Waals surface area contributed by atoms with Crippen LogP contribution in [-0.4, -0.2) is 78.5 Å². The van der Waals surface area contributed by atoms with Gasteiger partial charge in [-0.05, 0) is 37.7 Å². The summed E-state index contributed by atoms with van der Waals surface area (Å²) in [4.78, 5) is 25.6. The summed E-state index contributed by atoms with van der Waals surface area (Å²) in [5.74, 6) is 0.0782. The largest absolute Gasteiger partial charge is 0.473 e. The number of allylic oxidation sites excluding steroid dienone is 10. The van der Waals surface area contributed by atoms with Crippen molar-refractivity contribution < 1.29 is 38.0 Å². The average molecular weight is 1070 g/mol. The van der Waals surface area contributed by atoms with Gasteiger partial charge in [0.2, 0.25) is 0 Å². The molecule has 0 aliphatic rings. The molecule has 0 radical (unpaired) electrons. The minimum absolute atomic E-state index is 0.0782. The Morgan fingerprint density at radius 1 is 0.480 bits per heavy atom. The van der Waals surface area contributed by atoms with Gasteiger partial charge in [0.15, 0.2) is 5.78 Å². The molecule has 0 saturated carbocycles. The third-order valence-corrected chi connectivity index (χ3v) is 15.3. The predicted molar refractivity (Wildman–Crippen MR) is 325 cm³/mol. The highest BCUT2D eigenvalue weighted by molar-refractivity contribution is 7.47. The van der Waals surface area contributed by atoms with E-state index >= 15 is 0 Å². The number of carbonyl (C=O) groups is 1. The fourth-order valence-electron chi connectivity index (χ4n) is 9.73. The van der Waals surface area contributed by atoms with Gasteiger partial charge in [-0.15, -0.1) is 0 Å². The predicted octanol–water partition coefficient (Wildman–Crippen LogP) is 19.6. The molecule has 0 rings (SSSR count). The molecule has 0 aliphatic heterocycles. The number of carbonyl (C=O) groups excluding carboxylic acids is 1. The average Bonchev–Trinajstić information content (AvgIpc) is 3.38. The number of phosphoric ester groups is 1. The molecule has 0 aromatic rings. The summed E-state index contributed by atoms with van der Waals surface area (Å²) in [6.07, 6.45) is 69.7. The Kier molecular flexibility index (Phi) is 52.7. The second-order valence-corrected chi connectivity index (χ2v) is 24.4. The van der Waals surface area contributed by atoms with Crippen molar-refractivity contribution in [3.63, 3.8) is 0 Å². The van der Waals surface area contributed by atoms with Crippen LogP contribution in [0.5, 0.6) is 0 Å². The van der Waals surface area contributed by atoms with E-state index in [9.17, 15) is 24.5 Å². The quantitative estimate of drug-likeness (QED) is 0.0183. The van der Waals surface area contributed by atoms with Crippen LogP contribution in [0, 0.1) is 0 Å². The Morgan fingerprint density at radius 2 is 0.813 bits per heavy atom. The minimum Gasteiger partial charge on any atom is -0.394 e. The van der Waals surface area contributed by atoms with Crippen molar-refractivity contribution in [1.29, 1.82) is 0 Å². The summed E-state index contributed by atoms with van der Waals surface area (Å²) in [6.45, 7) is 5.94. The van der Waals surface area contributed by atoms with Crippen LogP contribution in [0.1, 0.15) is 290 Å². The Hall–Kier alpha value is -1.90. The van der Waals surface area contributed by atoms with Gasteiger partial charge in [0.05, 0.1) is 34.4 Å². The van der Waals surface area contributed by atoms with E-state index in [1.165, 1.54) is 212 Å². The number of unbranched alkanes of at least 4 members (excludes halogenated alkanes) is 37. The fraction of sp³-hybridized carbons (Fsp3) is 0.803. The summed E-state index contributed by atoms with van der Waals surface area (Å²) in [6, 6.07) is 0. The second-order valence-electron chi connectivity index (χ2n) is 23.0. The molecule has 0 amide bonds. The molecule has 9 heteroatoms. The fourth-order valence-corrected chi connectivity index (χ4v) is 10.7. The number of nitrogens with zero attached hydrogens (tertiary/aromatic N) is 1. The van der Waals surface area contributed by atoms with E-state index < -0.39 is 33.2 Å². The number of aliphatic hydroxyl groups excluding tert-OH is 2. The standard InChI is InChI=1S/C66H122NO7P/c1-7-10-13-16-19-22-25-28-31-34-36-39-42-45-48-51-54-57-64(66(59-67(4,5)6)74-75(71,72)73-61-62(69)60-68)63(56-53-50-47-44-41-38-35-32-29-26-23-20-17-14-11-8-2)65(70)58-55-52-49-46-43-40-37-33-30-27-24-21-18-15-12-9-3/h31,34,36,39,42,45,48,51,54,57,62,66,68-69H,7-30,32-33,35,37-38,40-41,43-44,46-47,49-50,52-53,55-56,58-61H2,1-6H3/p+1/t62-,66?/m1/s1. The topological polar surface area (TPSA) is 113 Å². The Bertz CT molecular complexity index is 1510. The minimum atomic E-state index is -4.72. The second kappa shape index (κ2) is 54.1. The normalized spacial score (nSPS) is 14.6. The van der Waals surface area contributed by atoms with Gasteiger partial charge in [0.1, 0.15) is 18.8 Å². The number of phosphoric acid groups is 1. The van der Waals surface area contributed by atoms with Crippen molar-refractivity contribution in [3.05, 3.63) is 71.9 Å². The van der Waals surface area contributed by atoms with Gasteiger partial charge in [-0.2, -0.15) is 0 Å². The molecule has 0 aromatic heterocycles. The van der Waals surface area contributed by atoms with E-state index in [0.29, 0.717) is 35.0 Å². The van der Waals surface area contributed by atoms with Crippen molar-refractivity contribution in [2.24, 2.45) is 0 Å². The highest BCUT2D eigenvalue weighted by Crippen LogP contribution is 2.46. The summed E-state index contributed by atoms with van der Waals surface area (Å²) in [5, 5.41) is 19.4. The van der Waals surface area contributed by atoms with E-state index in [-0.39, 0.29) is 5.78 Å². The van der Waals surface area contributed by atoms with Gasteiger partial charge in [0.25, 0.3) is 0 Å². The molecule has 0 heterocycles. The maximum absolute atomic E-state index is 14.6. The van der Waals surface area contributed by atoms with Crippen LogP contribution in [0.4, 0.5) is 0 Å². The zero-order chi connectivity index (χ0) is 55.2. The van der Waals surface area contributed by atoms with Crippen molar-refractivity contribution in [3.8, 4) is 0 Å². The Balaban J connectivity index is 6.05. The van der Waals surface area contributed by atoms with Crippen molar-refractivity contribution >= 4 is 13.6 Å². The number of likely N-dealkylation sites (N-methyl/N-ethyl adjacent to an activating group) is 1. The molecule has 0 spiro atoms. The molecule has 0 saturated heterocycles. The number of rotatable bonds is 57. The van der Waals surface area contributed by atoms with Crippen LogP contribution >= 0.6 is 7.82 Å². The van der Waals surface area contributed by atoms with E-state index in [1.807, 2.05) is 63.7 Å². The lowest BCUT2D eigenvalue weighted by atomic mass is 9.91. The van der Waals surface area contributed by atoms with Crippen LogP contribution in [-0.2, 0) is 18.4 Å². The summed E-state index contributed by atoms with van der Waals surface area (Å²) in [7, 11) is 1.25. The Morgan fingerprint density at radius 3 is 1.19 bits per heavy atom. The molecular weight excluding hydrogens is 950 g/mol. The first-order chi connectivity index (χ1) is 36.4. The van der Waals surface area contributed by atoms with Gasteiger partial charge < -0.3 is 19.6 Å². The number of hydrogen-bond donors (Lipinski definition) is 3. The van der Waals surface area contributed by atoms with E-state index in [4.69, 9.17) is 9.05 Å². The van der Waals surface area contributed by atoms with Crippen LogP contribution in [0.15, 0.2) is 71.9 Å². The van der Waals surface area contributed by atoms with Gasteiger partial charge in [0, 0.05) is 12.0 Å². The number of ketones is 1. The third kappa shape index (κ3) is 51.3. The van der Waals surface area contributed by atoms with E-state index in [0.717, 1.165) is 44.9 Å². The van der Waals surface area contributed by atoms with Crippen LogP contribution in [0.25, 0.3) is 0 Å². The Labute approximate surface area is 465 Å². The zero-order valence-corrected chi connectivity index (χ0v) is 51.0. The first-order valence-corrected chi connectivity index (χ1v) is 33.2. The van der Waals surface area contributed by atoms with Gasteiger partial charge in [-0.3, -0.25) is 13.8 Å². The first-order valence-electron chi connectivity index (χ1n) is 31.7. The third-order valence-electron chi connectivity index (χ3n) is 14.3. The number of aliphatic hydroxyl groups is 2. The lowest BCUT2D eigenvalue weighted by molar-refractivity contribution is -0.872. The van der Waals surface area contributed by atoms with Gasteiger partial charge in [-0.25, -0.2) is 4.57 Å². The first kappa shape index (κ1) is 73.1. The van der Waals surface area contributed by atoms with Crippen LogP contribution in [0.2, 0.25) is 0 Å². The lowest BCUT2D eigenvalue weighted by Gasteiger charge is -2.31. The SMILES string of the molecule is CCCCCCCCCC=CC=CC=CC=CC=CC(=C(CCCCCCCCCCCCCCCCCC)C(=O)CCCCCCCCCCCCCCCCCC)C(C[N+](C)(C)C)OP(=O)(O)OC[C@H](O)CO. The van der Waals surface area contributed by atoms with Crippen LogP contribution < -0.4 is 0 Å². The molecule has 3 atom stereocenters. The number of hydrogen-bond acceptors (Lipinski definition) is 6. The lowest BCUT2D eigenvalue weighted by Crippen LogP contribution is -2.43. The smallest absolute Gasteiger partial charge is 0.394 e. The van der Waals surface area contributed by atoms with Crippen molar-refractivity contribution in [2.45, 2.75) is 303 Å². The molecular formula is C66H123NO7P+.